The summed E-state index contributed by atoms with van der Waals surface area (Å²) in [4.78, 5) is 26.4. The van der Waals surface area contributed by atoms with E-state index in [4.69, 9.17) is 11.6 Å². The lowest BCUT2D eigenvalue weighted by atomic mass is 9.82. The van der Waals surface area contributed by atoms with Gasteiger partial charge in [-0.05, 0) is 61.6 Å². The van der Waals surface area contributed by atoms with Crippen molar-refractivity contribution >= 4 is 42.8 Å². The largest absolute Gasteiger partial charge is 0.299 e. The zero-order chi connectivity index (χ0) is 22.6. The van der Waals surface area contributed by atoms with Crippen molar-refractivity contribution in [2.75, 3.05) is 5.75 Å². The van der Waals surface area contributed by atoms with E-state index >= 15 is 0 Å². The molecular weight excluding hydrogens is 460 g/mol. The Labute approximate surface area is 186 Å². The van der Waals surface area contributed by atoms with Gasteiger partial charge in [0.15, 0.2) is 25.5 Å². The Morgan fingerprint density at radius 3 is 2.58 bits per heavy atom. The van der Waals surface area contributed by atoms with Crippen molar-refractivity contribution in [3.63, 3.8) is 0 Å². The monoisotopic (exact) mass is 480 g/mol. The van der Waals surface area contributed by atoms with Crippen LogP contribution in [0.15, 0.2) is 46.2 Å². The quantitative estimate of drug-likeness (QED) is 0.491. The number of Topliss-reactive ketones (excluding diaryl/α,β-unsaturated/α-hetero) is 2. The first-order valence-electron chi connectivity index (χ1n) is 9.95. The average Bonchev–Trinajstić information content (AvgIpc) is 3.03. The van der Waals surface area contributed by atoms with Crippen LogP contribution in [0.25, 0.3) is 0 Å². The number of sulfone groups is 2. The molecule has 9 heteroatoms. The van der Waals surface area contributed by atoms with Gasteiger partial charge in [0, 0.05) is 12.0 Å². The molecule has 0 saturated heterocycles. The van der Waals surface area contributed by atoms with Crippen molar-refractivity contribution < 1.29 is 26.4 Å². The lowest BCUT2D eigenvalue weighted by Crippen LogP contribution is -2.43. The Morgan fingerprint density at radius 2 is 1.87 bits per heavy atom. The number of halogens is 1. The Hall–Kier alpha value is -2.03. The molecule has 0 amide bonds. The minimum atomic E-state index is -3.94. The molecule has 0 bridgehead atoms. The zero-order valence-corrected chi connectivity index (χ0v) is 19.2. The summed E-state index contributed by atoms with van der Waals surface area (Å²) >= 11 is 6.40. The lowest BCUT2D eigenvalue weighted by molar-refractivity contribution is -0.122. The highest BCUT2D eigenvalue weighted by Gasteiger charge is 2.46. The molecule has 0 spiro atoms. The van der Waals surface area contributed by atoms with Crippen LogP contribution in [-0.2, 0) is 30.9 Å². The van der Waals surface area contributed by atoms with Gasteiger partial charge in [0.2, 0.25) is 0 Å². The summed E-state index contributed by atoms with van der Waals surface area (Å²) in [6.07, 6.45) is 0.873. The van der Waals surface area contributed by atoms with Gasteiger partial charge in [-0.2, -0.15) is 0 Å². The summed E-state index contributed by atoms with van der Waals surface area (Å²) in [6, 6.07) is 9.02. The molecule has 6 nitrogen and oxygen atoms in total. The second-order valence-corrected chi connectivity index (χ2v) is 12.7. The Bertz CT molecular complexity index is 1310. The van der Waals surface area contributed by atoms with Crippen LogP contribution >= 0.6 is 11.6 Å². The van der Waals surface area contributed by atoms with Gasteiger partial charge < -0.3 is 0 Å². The van der Waals surface area contributed by atoms with E-state index < -0.39 is 42.4 Å². The molecule has 2 unspecified atom stereocenters. The van der Waals surface area contributed by atoms with Crippen LogP contribution in [0.1, 0.15) is 40.7 Å². The average molecular weight is 481 g/mol. The van der Waals surface area contributed by atoms with Gasteiger partial charge in [0.1, 0.15) is 5.78 Å². The van der Waals surface area contributed by atoms with Gasteiger partial charge in [-0.3, -0.25) is 9.59 Å². The second-order valence-electron chi connectivity index (χ2n) is 8.07. The third-order valence-electron chi connectivity index (χ3n) is 6.05. The maximum absolute atomic E-state index is 13.4. The fourth-order valence-corrected chi connectivity index (χ4v) is 8.49. The maximum atomic E-state index is 13.4. The molecule has 0 aromatic heterocycles. The first-order chi connectivity index (χ1) is 14.5. The summed E-state index contributed by atoms with van der Waals surface area (Å²) in [5.74, 6) is -2.55. The van der Waals surface area contributed by atoms with Gasteiger partial charge in [0.25, 0.3) is 0 Å². The Kier molecular flexibility index (Phi) is 5.60. The zero-order valence-electron chi connectivity index (χ0n) is 16.8. The van der Waals surface area contributed by atoms with Crippen molar-refractivity contribution in [1.29, 1.82) is 0 Å². The third-order valence-corrected chi connectivity index (χ3v) is 10.5. The Balaban J connectivity index is 1.78. The second kappa shape index (κ2) is 7.83. The summed E-state index contributed by atoms with van der Waals surface area (Å²) in [6.45, 7) is 1.77. The van der Waals surface area contributed by atoms with Crippen LogP contribution in [0, 0.1) is 12.8 Å². The number of fused-ring (bicyclic) bond motifs is 1. The van der Waals surface area contributed by atoms with Crippen LogP contribution in [0.4, 0.5) is 0 Å². The van der Waals surface area contributed by atoms with Crippen molar-refractivity contribution in [1.82, 2.24) is 0 Å². The number of benzene rings is 2. The molecule has 2 aliphatic rings. The predicted octanol–water partition coefficient (Wildman–Crippen LogP) is 3.37. The molecule has 4 rings (SSSR count). The number of hydrogen-bond donors (Lipinski definition) is 0. The van der Waals surface area contributed by atoms with Crippen LogP contribution in [0.5, 0.6) is 0 Å². The van der Waals surface area contributed by atoms with Gasteiger partial charge in [-0.1, -0.05) is 23.7 Å². The SMILES string of the molecule is Cc1cccc(S(=O)(=O)C2CCCC(=O)C2C(=O)c2ccc3c(c2Cl)CCS3(=O)=O)c1. The summed E-state index contributed by atoms with van der Waals surface area (Å²) < 4.78 is 51.0. The smallest absolute Gasteiger partial charge is 0.182 e. The van der Waals surface area contributed by atoms with Crippen LogP contribution in [0.3, 0.4) is 0 Å². The minimum Gasteiger partial charge on any atom is -0.299 e. The highest BCUT2D eigenvalue weighted by atomic mass is 35.5. The number of carbonyl (C=O) groups is 2. The van der Waals surface area contributed by atoms with E-state index in [0.717, 1.165) is 5.56 Å². The number of rotatable bonds is 4. The normalized spacial score (nSPS) is 22.8. The number of hydrogen-bond acceptors (Lipinski definition) is 6. The maximum Gasteiger partial charge on any atom is 0.182 e. The van der Waals surface area contributed by atoms with Crippen molar-refractivity contribution in [3.05, 3.63) is 58.1 Å². The number of aryl methyl sites for hydroxylation is 1. The van der Waals surface area contributed by atoms with Crippen molar-refractivity contribution in [3.8, 4) is 0 Å². The van der Waals surface area contributed by atoms with Crippen LogP contribution in [0.2, 0.25) is 5.02 Å². The van der Waals surface area contributed by atoms with E-state index in [9.17, 15) is 26.4 Å². The predicted molar refractivity (Wildman–Crippen MR) is 116 cm³/mol. The molecular formula is C22H21ClO6S2. The van der Waals surface area contributed by atoms with Crippen LogP contribution < -0.4 is 0 Å². The summed E-state index contributed by atoms with van der Waals surface area (Å²) in [5.41, 5.74) is 1.12. The van der Waals surface area contributed by atoms with Crippen molar-refractivity contribution in [2.24, 2.45) is 5.92 Å². The van der Waals surface area contributed by atoms with E-state index in [1.54, 1.807) is 19.1 Å². The van der Waals surface area contributed by atoms with E-state index in [2.05, 4.69) is 0 Å². The fourth-order valence-electron chi connectivity index (χ4n) is 4.46. The van der Waals surface area contributed by atoms with Crippen molar-refractivity contribution in [2.45, 2.75) is 47.6 Å². The molecule has 2 aromatic rings. The molecule has 31 heavy (non-hydrogen) atoms. The molecule has 1 saturated carbocycles. The highest BCUT2D eigenvalue weighted by Crippen LogP contribution is 2.38. The topological polar surface area (TPSA) is 102 Å². The van der Waals surface area contributed by atoms with E-state index in [-0.39, 0.29) is 45.4 Å². The van der Waals surface area contributed by atoms with Gasteiger partial charge in [-0.15, -0.1) is 0 Å². The van der Waals surface area contributed by atoms with E-state index in [1.807, 2.05) is 0 Å². The van der Waals surface area contributed by atoms with Crippen LogP contribution in [-0.4, -0.2) is 39.4 Å². The van der Waals surface area contributed by atoms with Gasteiger partial charge in [-0.25, -0.2) is 16.8 Å². The molecule has 1 fully saturated rings. The molecule has 2 aromatic carbocycles. The van der Waals surface area contributed by atoms with Gasteiger partial charge >= 0.3 is 0 Å². The number of ketones is 2. The first-order valence-corrected chi connectivity index (χ1v) is 13.5. The molecule has 0 N–H and O–H groups in total. The standard InChI is InChI=1S/C22H21ClO6S2/c1-13-4-2-5-14(12-13)31(28,29)19-7-3-6-17(24)20(19)22(25)16-8-9-18-15(21(16)23)10-11-30(18,26)27/h2,4-5,8-9,12,19-20H,3,6-7,10-11H2,1H3. The Morgan fingerprint density at radius 1 is 1.13 bits per heavy atom. The molecule has 164 valence electrons. The van der Waals surface area contributed by atoms with Gasteiger partial charge in [0.05, 0.1) is 31.7 Å². The van der Waals surface area contributed by atoms with E-state index in [0.29, 0.717) is 12.0 Å². The lowest BCUT2D eigenvalue weighted by Gasteiger charge is -2.29. The molecule has 1 heterocycles. The number of carbonyl (C=O) groups excluding carboxylic acids is 2. The minimum absolute atomic E-state index is 0.00205. The molecule has 0 radical (unpaired) electrons. The summed E-state index contributed by atoms with van der Waals surface area (Å²) in [7, 11) is -7.38. The third kappa shape index (κ3) is 3.75. The highest BCUT2D eigenvalue weighted by molar-refractivity contribution is 7.92. The molecule has 1 aliphatic heterocycles. The summed E-state index contributed by atoms with van der Waals surface area (Å²) in [5, 5.41) is -1.19. The fraction of sp³-hybridized carbons (Fsp3) is 0.364. The molecule has 1 aliphatic carbocycles. The first kappa shape index (κ1) is 22.2. The van der Waals surface area contributed by atoms with E-state index in [1.165, 1.54) is 24.3 Å². The molecule has 2 atom stereocenters.